The van der Waals surface area contributed by atoms with E-state index in [-0.39, 0.29) is 5.97 Å². The summed E-state index contributed by atoms with van der Waals surface area (Å²) in [4.78, 5) is 35.5. The third kappa shape index (κ3) is 10.5. The maximum absolute atomic E-state index is 12.4. The van der Waals surface area contributed by atoms with Gasteiger partial charge < -0.3 is 28.4 Å². The monoisotopic (exact) mass is 600 g/mol. The molecule has 230 valence electrons. The summed E-state index contributed by atoms with van der Waals surface area (Å²) < 4.78 is 30.9. The molecule has 44 heavy (non-hydrogen) atoms. The van der Waals surface area contributed by atoms with E-state index < -0.39 is 11.9 Å². The maximum atomic E-state index is 12.4. The van der Waals surface area contributed by atoms with Crippen LogP contribution < -0.4 is 23.7 Å². The number of carbonyl (C=O) groups is 3. The van der Waals surface area contributed by atoms with Crippen molar-refractivity contribution < 1.29 is 42.8 Å². The number of hydrogen-bond acceptors (Lipinski definition) is 9. The molecular weight excluding hydrogens is 564 g/mol. The van der Waals surface area contributed by atoms with Gasteiger partial charge in [0.2, 0.25) is 0 Å². The van der Waals surface area contributed by atoms with Crippen LogP contribution >= 0.6 is 0 Å². The Kier molecular flexibility index (Phi) is 13.3. The van der Waals surface area contributed by atoms with Crippen LogP contribution in [0.4, 0.5) is 0 Å². The zero-order valence-corrected chi connectivity index (χ0v) is 25.2. The molecule has 0 radical (unpaired) electrons. The van der Waals surface area contributed by atoms with E-state index in [9.17, 15) is 14.4 Å². The highest BCUT2D eigenvalue weighted by molar-refractivity contribution is 5.92. The predicted molar refractivity (Wildman–Crippen MR) is 165 cm³/mol. The van der Waals surface area contributed by atoms with Crippen LogP contribution in [0, 0.1) is 0 Å². The SMILES string of the molecule is CCCCCOc1ccc(C(=O)Oc2ccc(OC(=O)c3ccc(OC)cc3)cc2)cc1.COC(=O)c1ccc(OC)cc1. The smallest absolute Gasteiger partial charge is 0.343 e. The lowest BCUT2D eigenvalue weighted by atomic mass is 10.2. The van der Waals surface area contributed by atoms with Gasteiger partial charge >= 0.3 is 17.9 Å². The Morgan fingerprint density at radius 2 is 0.841 bits per heavy atom. The molecule has 0 heterocycles. The summed E-state index contributed by atoms with van der Waals surface area (Å²) in [6.45, 7) is 2.80. The van der Waals surface area contributed by atoms with Crippen LogP contribution in [0.25, 0.3) is 0 Å². The molecule has 0 unspecified atom stereocenters. The Hall–Kier alpha value is -5.31. The third-order valence-corrected chi connectivity index (χ3v) is 6.19. The molecule has 4 aromatic rings. The molecule has 0 aliphatic heterocycles. The summed E-state index contributed by atoms with van der Waals surface area (Å²) in [6, 6.07) is 26.5. The van der Waals surface area contributed by atoms with Crippen molar-refractivity contribution in [1.82, 2.24) is 0 Å². The van der Waals surface area contributed by atoms with E-state index >= 15 is 0 Å². The normalized spacial score (nSPS) is 10.0. The highest BCUT2D eigenvalue weighted by Crippen LogP contribution is 2.21. The Balaban J connectivity index is 0.000000369. The molecule has 0 atom stereocenters. The van der Waals surface area contributed by atoms with Crippen molar-refractivity contribution in [3.63, 3.8) is 0 Å². The van der Waals surface area contributed by atoms with E-state index in [0.29, 0.717) is 40.5 Å². The van der Waals surface area contributed by atoms with Gasteiger partial charge in [0.25, 0.3) is 0 Å². The molecule has 9 heteroatoms. The van der Waals surface area contributed by atoms with E-state index in [0.717, 1.165) is 30.8 Å². The molecule has 4 aromatic carbocycles. The van der Waals surface area contributed by atoms with Crippen molar-refractivity contribution in [2.45, 2.75) is 26.2 Å². The number of benzene rings is 4. The van der Waals surface area contributed by atoms with Gasteiger partial charge in [0.05, 0.1) is 44.6 Å². The van der Waals surface area contributed by atoms with Gasteiger partial charge in [-0.25, -0.2) is 14.4 Å². The summed E-state index contributed by atoms with van der Waals surface area (Å²) in [5.41, 5.74) is 1.35. The quantitative estimate of drug-likeness (QED) is 0.0949. The molecule has 0 N–H and O–H groups in total. The summed E-state index contributed by atoms with van der Waals surface area (Å²) in [6.07, 6.45) is 3.27. The average molecular weight is 601 g/mol. The Morgan fingerprint density at radius 3 is 1.20 bits per heavy atom. The highest BCUT2D eigenvalue weighted by Gasteiger charge is 2.12. The largest absolute Gasteiger partial charge is 0.497 e. The first kappa shape index (κ1) is 33.2. The van der Waals surface area contributed by atoms with Gasteiger partial charge in [0.15, 0.2) is 0 Å². The molecule has 0 spiro atoms. The number of hydrogen-bond donors (Lipinski definition) is 0. The van der Waals surface area contributed by atoms with Crippen molar-refractivity contribution in [3.8, 4) is 28.7 Å². The molecule has 0 aliphatic rings. The van der Waals surface area contributed by atoms with Gasteiger partial charge in [0, 0.05) is 0 Å². The number of unbranched alkanes of at least 4 members (excludes halogenated alkanes) is 2. The molecule has 0 amide bonds. The maximum Gasteiger partial charge on any atom is 0.343 e. The van der Waals surface area contributed by atoms with Crippen molar-refractivity contribution in [3.05, 3.63) is 114 Å². The van der Waals surface area contributed by atoms with E-state index in [1.165, 1.54) is 7.11 Å². The van der Waals surface area contributed by atoms with Crippen LogP contribution in [0.1, 0.15) is 57.3 Å². The number of rotatable bonds is 12. The van der Waals surface area contributed by atoms with Gasteiger partial charge in [-0.15, -0.1) is 0 Å². The van der Waals surface area contributed by atoms with Crippen molar-refractivity contribution >= 4 is 17.9 Å². The second-order valence-electron chi connectivity index (χ2n) is 9.28. The van der Waals surface area contributed by atoms with E-state index in [2.05, 4.69) is 11.7 Å². The minimum atomic E-state index is -0.491. The fraction of sp³-hybridized carbons (Fsp3) is 0.229. The summed E-state index contributed by atoms with van der Waals surface area (Å²) in [7, 11) is 4.49. The lowest BCUT2D eigenvalue weighted by Crippen LogP contribution is -2.09. The van der Waals surface area contributed by atoms with Crippen molar-refractivity contribution in [2.24, 2.45) is 0 Å². The number of methoxy groups -OCH3 is 3. The molecule has 0 aliphatic carbocycles. The van der Waals surface area contributed by atoms with Gasteiger partial charge in [-0.05, 0) is 103 Å². The molecule has 0 fully saturated rings. The van der Waals surface area contributed by atoms with Crippen LogP contribution in [0.15, 0.2) is 97.1 Å². The van der Waals surface area contributed by atoms with Gasteiger partial charge in [-0.1, -0.05) is 19.8 Å². The van der Waals surface area contributed by atoms with Gasteiger partial charge in [0.1, 0.15) is 28.7 Å². The highest BCUT2D eigenvalue weighted by atomic mass is 16.5. The fourth-order valence-electron chi connectivity index (χ4n) is 3.71. The molecule has 0 saturated heterocycles. The van der Waals surface area contributed by atoms with Crippen LogP contribution in [0.5, 0.6) is 28.7 Å². The Labute approximate surface area is 257 Å². The first-order chi connectivity index (χ1) is 21.4. The van der Waals surface area contributed by atoms with Crippen molar-refractivity contribution in [1.29, 1.82) is 0 Å². The second kappa shape index (κ2) is 17.6. The van der Waals surface area contributed by atoms with E-state index in [4.69, 9.17) is 23.7 Å². The van der Waals surface area contributed by atoms with E-state index in [1.54, 1.807) is 111 Å². The minimum absolute atomic E-state index is 0.336. The fourth-order valence-corrected chi connectivity index (χ4v) is 3.71. The third-order valence-electron chi connectivity index (χ3n) is 6.19. The van der Waals surface area contributed by atoms with Crippen LogP contribution in [0.2, 0.25) is 0 Å². The predicted octanol–water partition coefficient (Wildman–Crippen LogP) is 7.18. The lowest BCUT2D eigenvalue weighted by molar-refractivity contribution is 0.0599. The Morgan fingerprint density at radius 1 is 0.477 bits per heavy atom. The molecule has 9 nitrogen and oxygen atoms in total. The van der Waals surface area contributed by atoms with Gasteiger partial charge in [-0.3, -0.25) is 0 Å². The zero-order valence-electron chi connectivity index (χ0n) is 25.2. The lowest BCUT2D eigenvalue weighted by Gasteiger charge is -2.08. The first-order valence-corrected chi connectivity index (χ1v) is 14.0. The molecule has 0 aromatic heterocycles. The number of ether oxygens (including phenoxy) is 6. The molecule has 0 bridgehead atoms. The Bertz CT molecular complexity index is 1460. The molecule has 0 saturated carbocycles. The van der Waals surface area contributed by atoms with Crippen LogP contribution in [-0.2, 0) is 4.74 Å². The summed E-state index contributed by atoms with van der Waals surface area (Å²) in [5, 5.41) is 0. The topological polar surface area (TPSA) is 107 Å². The van der Waals surface area contributed by atoms with Crippen molar-refractivity contribution in [2.75, 3.05) is 27.9 Å². The zero-order chi connectivity index (χ0) is 31.7. The van der Waals surface area contributed by atoms with Crippen LogP contribution in [0.3, 0.4) is 0 Å². The van der Waals surface area contributed by atoms with Crippen LogP contribution in [-0.4, -0.2) is 45.8 Å². The average Bonchev–Trinajstić information content (AvgIpc) is 3.07. The van der Waals surface area contributed by atoms with E-state index in [1.807, 2.05) is 0 Å². The minimum Gasteiger partial charge on any atom is -0.497 e. The number of esters is 3. The second-order valence-corrected chi connectivity index (χ2v) is 9.28. The van der Waals surface area contributed by atoms with Gasteiger partial charge in [-0.2, -0.15) is 0 Å². The molecular formula is C35H36O9. The number of carbonyl (C=O) groups excluding carboxylic acids is 3. The molecule has 4 rings (SSSR count). The summed E-state index contributed by atoms with van der Waals surface area (Å²) >= 11 is 0. The first-order valence-electron chi connectivity index (χ1n) is 14.0. The standard InChI is InChI=1S/C26H26O6.C9H10O3/c1-3-4-5-18-30-22-12-8-20(9-13-22)26(28)32-24-16-14-23(15-17-24)31-25(27)19-6-10-21(29-2)11-7-19;1-11-8-5-3-7(4-6-8)9(10)12-2/h6-17H,3-5,18H2,1-2H3;3-6H,1-2H3. The summed E-state index contributed by atoms with van der Waals surface area (Å²) in [5.74, 6) is 1.48.